The molecule has 2 aromatic carbocycles. The van der Waals surface area contributed by atoms with Gasteiger partial charge in [0.25, 0.3) is 0 Å². The molecule has 1 aliphatic carbocycles. The van der Waals surface area contributed by atoms with E-state index in [-0.39, 0.29) is 11.7 Å². The number of anilines is 1. The SMILES string of the molecule is O=C1CCC2=C1C(c1ccccc1Cl)c1c(ccc3cn[nH]c13)N2. The number of nitrogens with one attached hydrogen (secondary N) is 2. The summed E-state index contributed by atoms with van der Waals surface area (Å²) in [6.07, 6.45) is 3.12. The Hall–Kier alpha value is -2.59. The maximum absolute atomic E-state index is 12.6. The highest BCUT2D eigenvalue weighted by atomic mass is 35.5. The van der Waals surface area contributed by atoms with Crippen molar-refractivity contribution in [2.75, 3.05) is 5.32 Å². The molecule has 0 amide bonds. The summed E-state index contributed by atoms with van der Waals surface area (Å²) < 4.78 is 0. The molecule has 1 unspecified atom stereocenters. The maximum Gasteiger partial charge on any atom is 0.161 e. The lowest BCUT2D eigenvalue weighted by atomic mass is 9.80. The number of Topliss-reactive ketones (excluding diaryl/α,β-unsaturated/α-hetero) is 1. The Labute approximate surface area is 143 Å². The second-order valence-corrected chi connectivity index (χ2v) is 6.66. The van der Waals surface area contributed by atoms with Gasteiger partial charge < -0.3 is 5.32 Å². The zero-order valence-corrected chi connectivity index (χ0v) is 13.5. The molecule has 2 aliphatic rings. The number of benzene rings is 2. The summed E-state index contributed by atoms with van der Waals surface area (Å²) in [5, 5.41) is 12.4. The van der Waals surface area contributed by atoms with Crippen molar-refractivity contribution in [3.8, 4) is 0 Å². The highest BCUT2D eigenvalue weighted by molar-refractivity contribution is 6.31. The van der Waals surface area contributed by atoms with E-state index < -0.39 is 0 Å². The van der Waals surface area contributed by atoms with E-state index in [9.17, 15) is 4.79 Å². The fraction of sp³-hybridized carbons (Fsp3) is 0.158. The topological polar surface area (TPSA) is 57.8 Å². The number of rotatable bonds is 1. The van der Waals surface area contributed by atoms with Gasteiger partial charge in [-0.3, -0.25) is 9.89 Å². The van der Waals surface area contributed by atoms with Crippen molar-refractivity contribution in [3.05, 3.63) is 70.0 Å². The molecular formula is C19H14ClN3O. The zero-order valence-electron chi connectivity index (χ0n) is 12.8. The standard InChI is InChI=1S/C19H14ClN3O/c20-12-4-2-1-3-11(12)16-17-13(7-8-15(17)24)22-14-6-5-10-9-21-23-19(10)18(14)16/h1-6,9,16,22H,7-8H2,(H,21,23). The van der Waals surface area contributed by atoms with Crippen molar-refractivity contribution >= 4 is 34.0 Å². The van der Waals surface area contributed by atoms with Crippen LogP contribution in [0.5, 0.6) is 0 Å². The molecule has 5 heteroatoms. The van der Waals surface area contributed by atoms with Crippen molar-refractivity contribution in [2.45, 2.75) is 18.8 Å². The molecule has 0 spiro atoms. The van der Waals surface area contributed by atoms with E-state index in [1.165, 1.54) is 0 Å². The zero-order chi connectivity index (χ0) is 16.3. The Kier molecular flexibility index (Phi) is 2.85. The van der Waals surface area contributed by atoms with E-state index >= 15 is 0 Å². The van der Waals surface area contributed by atoms with Gasteiger partial charge in [0.2, 0.25) is 0 Å². The highest BCUT2D eigenvalue weighted by Crippen LogP contribution is 2.49. The van der Waals surface area contributed by atoms with Crippen LogP contribution in [0.2, 0.25) is 5.02 Å². The van der Waals surface area contributed by atoms with Crippen LogP contribution in [0.15, 0.2) is 53.9 Å². The number of hydrogen-bond donors (Lipinski definition) is 2. The minimum Gasteiger partial charge on any atom is -0.358 e. The first kappa shape index (κ1) is 13.8. The predicted molar refractivity (Wildman–Crippen MR) is 94.3 cm³/mol. The molecule has 118 valence electrons. The molecule has 1 aromatic heterocycles. The number of fused-ring (bicyclic) bond motifs is 3. The van der Waals surface area contributed by atoms with Crippen molar-refractivity contribution in [3.63, 3.8) is 0 Å². The van der Waals surface area contributed by atoms with E-state index in [4.69, 9.17) is 11.6 Å². The van der Waals surface area contributed by atoms with Gasteiger partial charge in [-0.25, -0.2) is 0 Å². The largest absolute Gasteiger partial charge is 0.358 e. The van der Waals surface area contributed by atoms with E-state index in [0.717, 1.165) is 45.4 Å². The fourth-order valence-electron chi connectivity index (χ4n) is 3.91. The van der Waals surface area contributed by atoms with E-state index in [2.05, 4.69) is 21.6 Å². The average Bonchev–Trinajstić information content (AvgIpc) is 3.20. The third-order valence-corrected chi connectivity index (χ3v) is 5.31. The van der Waals surface area contributed by atoms with E-state index in [1.807, 2.05) is 30.3 Å². The molecule has 24 heavy (non-hydrogen) atoms. The Morgan fingerprint density at radius 1 is 1.12 bits per heavy atom. The van der Waals surface area contributed by atoms with Crippen LogP contribution in [-0.4, -0.2) is 16.0 Å². The third-order valence-electron chi connectivity index (χ3n) is 4.96. The number of aromatic nitrogens is 2. The Balaban J connectivity index is 1.86. The molecule has 3 aromatic rings. The van der Waals surface area contributed by atoms with Crippen LogP contribution in [0, 0.1) is 0 Å². The van der Waals surface area contributed by atoms with Gasteiger partial charge in [0.15, 0.2) is 5.78 Å². The lowest BCUT2D eigenvalue weighted by Gasteiger charge is -2.29. The van der Waals surface area contributed by atoms with Crippen molar-refractivity contribution in [1.82, 2.24) is 10.2 Å². The molecular weight excluding hydrogens is 322 g/mol. The van der Waals surface area contributed by atoms with Crippen LogP contribution in [0.1, 0.15) is 29.9 Å². The number of nitrogens with zero attached hydrogens (tertiary/aromatic N) is 1. The van der Waals surface area contributed by atoms with Crippen molar-refractivity contribution < 1.29 is 4.79 Å². The van der Waals surface area contributed by atoms with Gasteiger partial charge in [-0.1, -0.05) is 29.8 Å². The number of aromatic amines is 1. The van der Waals surface area contributed by atoms with Gasteiger partial charge in [-0.2, -0.15) is 5.10 Å². The molecule has 0 bridgehead atoms. The highest BCUT2D eigenvalue weighted by Gasteiger charge is 2.38. The minimum absolute atomic E-state index is 0.163. The molecule has 5 rings (SSSR count). The number of allylic oxidation sites excluding steroid dienone is 2. The van der Waals surface area contributed by atoms with Gasteiger partial charge in [0, 0.05) is 45.3 Å². The van der Waals surface area contributed by atoms with E-state index in [0.29, 0.717) is 11.4 Å². The molecule has 1 atom stereocenters. The quantitative estimate of drug-likeness (QED) is 0.693. The predicted octanol–water partition coefficient (Wildman–Crippen LogP) is 4.39. The van der Waals surface area contributed by atoms with Gasteiger partial charge in [-0.05, 0) is 30.2 Å². The monoisotopic (exact) mass is 335 g/mol. The molecule has 0 saturated carbocycles. The Morgan fingerprint density at radius 3 is 2.88 bits per heavy atom. The number of ketones is 1. The molecule has 2 heterocycles. The summed E-state index contributed by atoms with van der Waals surface area (Å²) in [5.41, 5.74) is 5.86. The summed E-state index contributed by atoms with van der Waals surface area (Å²) >= 11 is 6.51. The summed E-state index contributed by atoms with van der Waals surface area (Å²) in [6.45, 7) is 0. The number of carbonyl (C=O) groups is 1. The van der Waals surface area contributed by atoms with Gasteiger partial charge >= 0.3 is 0 Å². The lowest BCUT2D eigenvalue weighted by Crippen LogP contribution is -2.20. The van der Waals surface area contributed by atoms with Gasteiger partial charge in [0.1, 0.15) is 0 Å². The molecule has 2 N–H and O–H groups in total. The Bertz CT molecular complexity index is 1030. The summed E-state index contributed by atoms with van der Waals surface area (Å²) in [7, 11) is 0. The average molecular weight is 336 g/mol. The summed E-state index contributed by atoms with van der Waals surface area (Å²) in [4.78, 5) is 12.6. The smallest absolute Gasteiger partial charge is 0.161 e. The third kappa shape index (κ3) is 1.80. The second-order valence-electron chi connectivity index (χ2n) is 6.26. The van der Waals surface area contributed by atoms with Crippen LogP contribution in [-0.2, 0) is 4.79 Å². The van der Waals surface area contributed by atoms with Crippen molar-refractivity contribution in [1.29, 1.82) is 0 Å². The van der Waals surface area contributed by atoms with E-state index in [1.54, 1.807) is 6.20 Å². The molecule has 0 fully saturated rings. The van der Waals surface area contributed by atoms with Crippen LogP contribution in [0.25, 0.3) is 10.9 Å². The lowest BCUT2D eigenvalue weighted by molar-refractivity contribution is -0.115. The number of hydrogen-bond acceptors (Lipinski definition) is 3. The molecule has 1 aliphatic heterocycles. The normalized spacial score (nSPS) is 19.4. The molecule has 4 nitrogen and oxygen atoms in total. The maximum atomic E-state index is 12.6. The summed E-state index contributed by atoms with van der Waals surface area (Å²) in [5.74, 6) is 0.0358. The number of halogens is 1. The first-order chi connectivity index (χ1) is 11.7. The Morgan fingerprint density at radius 2 is 2.00 bits per heavy atom. The number of H-pyrrole nitrogens is 1. The van der Waals surface area contributed by atoms with Crippen LogP contribution >= 0.6 is 11.6 Å². The fourth-order valence-corrected chi connectivity index (χ4v) is 4.16. The van der Waals surface area contributed by atoms with Crippen LogP contribution in [0.3, 0.4) is 0 Å². The van der Waals surface area contributed by atoms with Crippen molar-refractivity contribution in [2.24, 2.45) is 0 Å². The van der Waals surface area contributed by atoms with Crippen LogP contribution in [0.4, 0.5) is 5.69 Å². The first-order valence-electron chi connectivity index (χ1n) is 7.97. The van der Waals surface area contributed by atoms with Crippen LogP contribution < -0.4 is 5.32 Å². The van der Waals surface area contributed by atoms with Gasteiger partial charge in [0.05, 0.1) is 11.7 Å². The summed E-state index contributed by atoms with van der Waals surface area (Å²) in [6, 6.07) is 11.9. The second kappa shape index (κ2) is 4.95. The molecule has 0 radical (unpaired) electrons. The number of carbonyl (C=O) groups excluding carboxylic acids is 1. The minimum atomic E-state index is -0.163. The van der Waals surface area contributed by atoms with Gasteiger partial charge in [-0.15, -0.1) is 0 Å². The first-order valence-corrected chi connectivity index (χ1v) is 8.35. The molecule has 0 saturated heterocycles.